The molecule has 0 bridgehead atoms. The summed E-state index contributed by atoms with van der Waals surface area (Å²) < 4.78 is 7.27. The number of nitrogens with zero attached hydrogens (tertiary/aromatic N) is 3. The van der Waals surface area contributed by atoms with Crippen molar-refractivity contribution in [3.63, 3.8) is 0 Å². The molecule has 0 aliphatic rings. The molecule has 0 aromatic carbocycles. The van der Waals surface area contributed by atoms with E-state index < -0.39 is 0 Å². The number of anilines is 1. The molecule has 0 saturated heterocycles. The fraction of sp³-hybridized carbons (Fsp3) is 0.105. The van der Waals surface area contributed by atoms with E-state index in [9.17, 15) is 0 Å². The summed E-state index contributed by atoms with van der Waals surface area (Å²) in [7, 11) is 0. The number of nitrogens with two attached hydrogens (primary N) is 1. The molecule has 7 heteroatoms. The van der Waals surface area contributed by atoms with Crippen LogP contribution in [0.5, 0.6) is 0 Å². The monoisotopic (exact) mass is 378 g/mol. The number of rotatable bonds is 2. The van der Waals surface area contributed by atoms with Crippen LogP contribution in [0.1, 0.15) is 10.7 Å². The Hall–Kier alpha value is -2.77. The van der Waals surface area contributed by atoms with Crippen LogP contribution in [0, 0.1) is 13.8 Å². The van der Waals surface area contributed by atoms with E-state index in [1.54, 1.807) is 28.9 Å². The van der Waals surface area contributed by atoms with Crippen molar-refractivity contribution in [2.45, 2.75) is 13.8 Å². The van der Waals surface area contributed by atoms with Gasteiger partial charge in [0, 0.05) is 45.9 Å². The van der Waals surface area contributed by atoms with Crippen molar-refractivity contribution >= 4 is 49.5 Å². The first-order valence-corrected chi connectivity index (χ1v) is 9.75. The Morgan fingerprint density at radius 1 is 1.12 bits per heavy atom. The Balaban J connectivity index is 1.78. The minimum absolute atomic E-state index is 0.398. The highest BCUT2D eigenvalue weighted by Crippen LogP contribution is 2.41. The lowest BCUT2D eigenvalue weighted by Gasteiger charge is -2.01. The lowest BCUT2D eigenvalue weighted by Crippen LogP contribution is -1.91. The Bertz CT molecular complexity index is 1280. The van der Waals surface area contributed by atoms with Crippen molar-refractivity contribution in [3.05, 3.63) is 46.8 Å². The molecule has 0 fully saturated rings. The van der Waals surface area contributed by atoms with Crippen LogP contribution in [0.2, 0.25) is 0 Å². The zero-order valence-corrected chi connectivity index (χ0v) is 15.7. The third-order valence-corrected chi connectivity index (χ3v) is 6.42. The summed E-state index contributed by atoms with van der Waals surface area (Å²) in [6.45, 7) is 4.02. The lowest BCUT2D eigenvalue weighted by molar-refractivity contribution is 0.632. The van der Waals surface area contributed by atoms with E-state index in [1.165, 1.54) is 0 Å². The second-order valence-electron chi connectivity index (χ2n) is 6.08. The molecule has 0 spiro atoms. The summed E-state index contributed by atoms with van der Waals surface area (Å²) in [6, 6.07) is 4.06. The number of aromatic nitrogens is 3. The van der Waals surface area contributed by atoms with Gasteiger partial charge in [-0.2, -0.15) is 0 Å². The van der Waals surface area contributed by atoms with E-state index in [0.717, 1.165) is 47.9 Å². The smallest absolute Gasteiger partial charge is 0.177 e. The molecule has 0 unspecified atom stereocenters. The highest BCUT2D eigenvalue weighted by molar-refractivity contribution is 7.17. The van der Waals surface area contributed by atoms with Gasteiger partial charge in [0.2, 0.25) is 0 Å². The maximum atomic E-state index is 6.14. The first-order chi connectivity index (χ1) is 12.6. The Morgan fingerprint density at radius 2 is 2.00 bits per heavy atom. The number of thiophene rings is 1. The molecule has 5 rings (SSSR count). The standard InChI is InChI=1S/C19H14N4OS2/c1-9-18(26-10(2)23-9)13-6-22-19(20)17-12(13)5-15(24-17)14-8-25-16-7-21-4-3-11(14)16/h3-8H,1-2H3,(H2,20,22). The number of fused-ring (bicyclic) bond motifs is 2. The molecule has 5 aromatic rings. The van der Waals surface area contributed by atoms with Crippen molar-refractivity contribution in [1.82, 2.24) is 15.0 Å². The summed E-state index contributed by atoms with van der Waals surface area (Å²) >= 11 is 3.31. The SMILES string of the molecule is Cc1nc(C)c(-c2cnc(N)c3oc(-c4csc5cnccc45)cc23)s1. The van der Waals surface area contributed by atoms with Crippen molar-refractivity contribution < 1.29 is 4.42 Å². The predicted octanol–water partition coefficient (Wildman–Crippen LogP) is 5.43. The molecule has 0 saturated carbocycles. The summed E-state index contributed by atoms with van der Waals surface area (Å²) in [5.41, 5.74) is 9.77. The van der Waals surface area contributed by atoms with Crippen LogP contribution in [0.15, 0.2) is 40.5 Å². The van der Waals surface area contributed by atoms with Gasteiger partial charge in [0.1, 0.15) is 5.76 Å². The number of furan rings is 1. The quantitative estimate of drug-likeness (QED) is 0.443. The molecular weight excluding hydrogens is 364 g/mol. The molecule has 128 valence electrons. The van der Waals surface area contributed by atoms with Gasteiger partial charge in [-0.05, 0) is 26.0 Å². The van der Waals surface area contributed by atoms with Crippen LogP contribution in [-0.2, 0) is 0 Å². The van der Waals surface area contributed by atoms with Crippen LogP contribution >= 0.6 is 22.7 Å². The maximum absolute atomic E-state index is 6.14. The Kier molecular flexibility index (Phi) is 3.35. The second-order valence-corrected chi connectivity index (χ2v) is 8.19. The van der Waals surface area contributed by atoms with E-state index in [4.69, 9.17) is 10.2 Å². The molecule has 5 heterocycles. The molecule has 2 N–H and O–H groups in total. The van der Waals surface area contributed by atoms with Gasteiger partial charge in [-0.15, -0.1) is 22.7 Å². The van der Waals surface area contributed by atoms with Crippen molar-refractivity contribution in [3.8, 4) is 21.8 Å². The molecule has 0 amide bonds. The van der Waals surface area contributed by atoms with E-state index in [1.807, 2.05) is 32.3 Å². The van der Waals surface area contributed by atoms with Gasteiger partial charge in [-0.1, -0.05) is 0 Å². The second kappa shape index (κ2) is 5.62. The van der Waals surface area contributed by atoms with Gasteiger partial charge in [0.25, 0.3) is 0 Å². The minimum atomic E-state index is 0.398. The van der Waals surface area contributed by atoms with Gasteiger partial charge >= 0.3 is 0 Å². The van der Waals surface area contributed by atoms with Crippen LogP contribution < -0.4 is 5.73 Å². The van der Waals surface area contributed by atoms with Gasteiger partial charge in [0.15, 0.2) is 11.4 Å². The van der Waals surface area contributed by atoms with E-state index in [2.05, 4.69) is 26.4 Å². The van der Waals surface area contributed by atoms with Gasteiger partial charge in [0.05, 0.1) is 20.3 Å². The first-order valence-electron chi connectivity index (χ1n) is 8.06. The van der Waals surface area contributed by atoms with Gasteiger partial charge in [-0.3, -0.25) is 4.98 Å². The van der Waals surface area contributed by atoms with Crippen LogP contribution in [-0.4, -0.2) is 15.0 Å². The van der Waals surface area contributed by atoms with E-state index >= 15 is 0 Å². The molecule has 5 aromatic heterocycles. The van der Waals surface area contributed by atoms with Crippen LogP contribution in [0.3, 0.4) is 0 Å². The number of nitrogen functional groups attached to an aromatic ring is 1. The number of thiazole rings is 1. The maximum Gasteiger partial charge on any atom is 0.177 e. The molecule has 0 radical (unpaired) electrons. The summed E-state index contributed by atoms with van der Waals surface area (Å²) in [5, 5.41) is 5.22. The van der Waals surface area contributed by atoms with Gasteiger partial charge in [-0.25, -0.2) is 9.97 Å². The average Bonchev–Trinajstić information content (AvgIpc) is 3.32. The van der Waals surface area contributed by atoms with E-state index in [-0.39, 0.29) is 0 Å². The summed E-state index contributed by atoms with van der Waals surface area (Å²) in [5.74, 6) is 1.19. The molecule has 0 aliphatic carbocycles. The normalized spacial score (nSPS) is 11.6. The van der Waals surface area contributed by atoms with Crippen LogP contribution in [0.4, 0.5) is 5.82 Å². The number of hydrogen-bond acceptors (Lipinski definition) is 7. The highest BCUT2D eigenvalue weighted by Gasteiger charge is 2.19. The number of pyridine rings is 2. The first kappa shape index (κ1) is 15.5. The fourth-order valence-corrected chi connectivity index (χ4v) is 5.07. The van der Waals surface area contributed by atoms with E-state index in [0.29, 0.717) is 11.4 Å². The lowest BCUT2D eigenvalue weighted by atomic mass is 10.1. The molecule has 5 nitrogen and oxygen atoms in total. The molecule has 0 aliphatic heterocycles. The largest absolute Gasteiger partial charge is 0.452 e. The minimum Gasteiger partial charge on any atom is -0.452 e. The molecular formula is C19H14N4OS2. The van der Waals surface area contributed by atoms with Gasteiger partial charge < -0.3 is 10.2 Å². The number of aryl methyl sites for hydroxylation is 2. The predicted molar refractivity (Wildman–Crippen MR) is 108 cm³/mol. The van der Waals surface area contributed by atoms with Crippen molar-refractivity contribution in [1.29, 1.82) is 0 Å². The third kappa shape index (κ3) is 2.24. The summed E-state index contributed by atoms with van der Waals surface area (Å²) in [4.78, 5) is 14.2. The molecule has 0 atom stereocenters. The summed E-state index contributed by atoms with van der Waals surface area (Å²) in [6.07, 6.45) is 5.48. The van der Waals surface area contributed by atoms with Crippen molar-refractivity contribution in [2.75, 3.05) is 5.73 Å². The fourth-order valence-electron chi connectivity index (χ4n) is 3.21. The highest BCUT2D eigenvalue weighted by atomic mass is 32.1. The molecule has 26 heavy (non-hydrogen) atoms. The topological polar surface area (TPSA) is 77.8 Å². The zero-order valence-electron chi connectivity index (χ0n) is 14.1. The average molecular weight is 378 g/mol. The third-order valence-electron chi connectivity index (χ3n) is 4.38. The zero-order chi connectivity index (χ0) is 17.8. The Labute approximate surface area is 157 Å². The Morgan fingerprint density at radius 3 is 2.81 bits per heavy atom. The van der Waals surface area contributed by atoms with Crippen molar-refractivity contribution in [2.24, 2.45) is 0 Å². The number of hydrogen-bond donors (Lipinski definition) is 1. The van der Waals surface area contributed by atoms with Crippen LogP contribution in [0.25, 0.3) is 42.8 Å².